The fraction of sp³-hybridized carbons (Fsp3) is 0.429. The highest BCUT2D eigenvalue weighted by atomic mass is 32.2. The van der Waals surface area contributed by atoms with Crippen LogP contribution in [0.3, 0.4) is 0 Å². The highest BCUT2D eigenvalue weighted by Gasteiger charge is 2.25. The standard InChI is InChI=1S/C21H23N5OS/c1-14-15(2)26(17-6-4-3-5-7-17)21(18(14)12-23)25-19(27)13-28-20-10-16(11-22)8-9-24-20/h8-10,17H,3-7,13H2,1-2H3,(H,25,27). The van der Waals surface area contributed by atoms with Crippen molar-refractivity contribution in [2.75, 3.05) is 11.1 Å². The van der Waals surface area contributed by atoms with Crippen molar-refractivity contribution in [2.24, 2.45) is 0 Å². The highest BCUT2D eigenvalue weighted by Crippen LogP contribution is 2.36. The number of carbonyl (C=O) groups excluding carboxylic acids is 1. The molecule has 1 aliphatic carbocycles. The Morgan fingerprint density at radius 3 is 2.71 bits per heavy atom. The number of hydrogen-bond donors (Lipinski definition) is 1. The lowest BCUT2D eigenvalue weighted by Gasteiger charge is -2.27. The zero-order valence-electron chi connectivity index (χ0n) is 16.2. The summed E-state index contributed by atoms with van der Waals surface area (Å²) in [5.74, 6) is 0.606. The lowest BCUT2D eigenvalue weighted by molar-refractivity contribution is -0.113. The minimum atomic E-state index is -0.180. The van der Waals surface area contributed by atoms with Crippen LogP contribution in [0.2, 0.25) is 0 Å². The van der Waals surface area contributed by atoms with Crippen LogP contribution in [-0.2, 0) is 4.79 Å². The number of anilines is 1. The number of pyridine rings is 1. The summed E-state index contributed by atoms with van der Waals surface area (Å²) in [5, 5.41) is 22.2. The third-order valence-electron chi connectivity index (χ3n) is 5.28. The van der Waals surface area contributed by atoms with E-state index < -0.39 is 0 Å². The third kappa shape index (κ3) is 4.21. The molecule has 0 saturated heterocycles. The molecule has 144 valence electrons. The molecule has 1 aliphatic rings. The fourth-order valence-corrected chi connectivity index (χ4v) is 4.44. The van der Waals surface area contributed by atoms with E-state index in [9.17, 15) is 10.1 Å². The molecule has 0 unspecified atom stereocenters. The minimum Gasteiger partial charge on any atom is -0.327 e. The molecule has 0 aliphatic heterocycles. The first-order chi connectivity index (χ1) is 13.5. The fourth-order valence-electron chi connectivity index (χ4n) is 3.75. The van der Waals surface area contributed by atoms with Gasteiger partial charge in [-0.15, -0.1) is 0 Å². The second-order valence-corrected chi connectivity index (χ2v) is 8.03. The zero-order chi connectivity index (χ0) is 20.1. The van der Waals surface area contributed by atoms with E-state index in [1.165, 1.54) is 31.0 Å². The Kier molecular flexibility index (Phi) is 6.38. The van der Waals surface area contributed by atoms with Gasteiger partial charge >= 0.3 is 0 Å². The molecule has 1 saturated carbocycles. The first kappa shape index (κ1) is 20.0. The maximum Gasteiger partial charge on any atom is 0.235 e. The Morgan fingerprint density at radius 1 is 1.29 bits per heavy atom. The molecule has 3 rings (SSSR count). The van der Waals surface area contributed by atoms with Crippen LogP contribution < -0.4 is 5.32 Å². The first-order valence-corrected chi connectivity index (χ1v) is 10.4. The van der Waals surface area contributed by atoms with Crippen molar-refractivity contribution in [3.63, 3.8) is 0 Å². The molecule has 1 fully saturated rings. The summed E-state index contributed by atoms with van der Waals surface area (Å²) in [4.78, 5) is 16.8. The zero-order valence-corrected chi connectivity index (χ0v) is 17.0. The smallest absolute Gasteiger partial charge is 0.235 e. The molecule has 7 heteroatoms. The van der Waals surface area contributed by atoms with Gasteiger partial charge in [-0.05, 0) is 44.4 Å². The Bertz CT molecular complexity index is 960. The number of hydrogen-bond acceptors (Lipinski definition) is 5. The molecule has 28 heavy (non-hydrogen) atoms. The largest absolute Gasteiger partial charge is 0.327 e. The van der Waals surface area contributed by atoms with Crippen molar-refractivity contribution in [3.05, 3.63) is 40.7 Å². The molecule has 0 spiro atoms. The topological polar surface area (TPSA) is 94.5 Å². The Hall–Kier alpha value is -2.77. The van der Waals surface area contributed by atoms with Gasteiger partial charge in [0.25, 0.3) is 0 Å². The summed E-state index contributed by atoms with van der Waals surface area (Å²) in [7, 11) is 0. The van der Waals surface area contributed by atoms with E-state index in [0.717, 1.165) is 24.1 Å². The van der Waals surface area contributed by atoms with E-state index in [0.29, 0.717) is 28.0 Å². The van der Waals surface area contributed by atoms with Gasteiger partial charge in [0.2, 0.25) is 5.91 Å². The van der Waals surface area contributed by atoms with Crippen LogP contribution >= 0.6 is 11.8 Å². The SMILES string of the molecule is Cc1c(C#N)c(NC(=O)CSc2cc(C#N)ccn2)n(C2CCCCC2)c1C. The molecule has 2 aromatic rings. The summed E-state index contributed by atoms with van der Waals surface area (Å²) < 4.78 is 2.16. The van der Waals surface area contributed by atoms with Gasteiger partial charge in [0.1, 0.15) is 11.9 Å². The van der Waals surface area contributed by atoms with Gasteiger partial charge in [0.15, 0.2) is 0 Å². The molecule has 6 nitrogen and oxygen atoms in total. The van der Waals surface area contributed by atoms with Gasteiger partial charge in [-0.1, -0.05) is 31.0 Å². The van der Waals surface area contributed by atoms with Gasteiger partial charge < -0.3 is 9.88 Å². The van der Waals surface area contributed by atoms with E-state index in [1.54, 1.807) is 18.3 Å². The van der Waals surface area contributed by atoms with Gasteiger partial charge in [0.05, 0.1) is 28.0 Å². The summed E-state index contributed by atoms with van der Waals surface area (Å²) in [5.41, 5.74) is 3.04. The molecule has 0 atom stereocenters. The number of amides is 1. The van der Waals surface area contributed by atoms with E-state index in [-0.39, 0.29) is 11.7 Å². The van der Waals surface area contributed by atoms with Crippen molar-refractivity contribution in [3.8, 4) is 12.1 Å². The molecule has 2 aromatic heterocycles. The van der Waals surface area contributed by atoms with Crippen molar-refractivity contribution in [2.45, 2.75) is 57.0 Å². The van der Waals surface area contributed by atoms with E-state index in [2.05, 4.69) is 27.0 Å². The maximum absolute atomic E-state index is 12.6. The molecule has 2 heterocycles. The quantitative estimate of drug-likeness (QED) is 0.756. The van der Waals surface area contributed by atoms with Gasteiger partial charge in [0, 0.05) is 17.9 Å². The average Bonchev–Trinajstić information content (AvgIpc) is 2.96. The van der Waals surface area contributed by atoms with E-state index >= 15 is 0 Å². The summed E-state index contributed by atoms with van der Waals surface area (Å²) in [6.45, 7) is 3.96. The second kappa shape index (κ2) is 8.95. The predicted octanol–water partition coefficient (Wildman–Crippen LogP) is 4.48. The molecule has 0 aromatic carbocycles. The Balaban J connectivity index is 1.78. The number of thioether (sulfide) groups is 1. The molecule has 1 N–H and O–H groups in total. The lowest BCUT2D eigenvalue weighted by atomic mass is 9.95. The predicted molar refractivity (Wildman–Crippen MR) is 109 cm³/mol. The number of nitriles is 2. The molecule has 0 radical (unpaired) electrons. The minimum absolute atomic E-state index is 0.167. The lowest BCUT2D eigenvalue weighted by Crippen LogP contribution is -2.21. The number of nitrogens with one attached hydrogen (secondary N) is 1. The number of carbonyl (C=O) groups is 1. The van der Waals surface area contributed by atoms with Crippen LogP contribution in [0.25, 0.3) is 0 Å². The highest BCUT2D eigenvalue weighted by molar-refractivity contribution is 7.99. The summed E-state index contributed by atoms with van der Waals surface area (Å²) >= 11 is 1.28. The van der Waals surface area contributed by atoms with Crippen molar-refractivity contribution < 1.29 is 4.79 Å². The number of rotatable bonds is 5. The van der Waals surface area contributed by atoms with Gasteiger partial charge in [-0.3, -0.25) is 4.79 Å². The van der Waals surface area contributed by atoms with E-state index in [4.69, 9.17) is 5.26 Å². The third-order valence-corrected chi connectivity index (χ3v) is 6.21. The second-order valence-electron chi connectivity index (χ2n) is 7.04. The van der Waals surface area contributed by atoms with Crippen LogP contribution in [0.1, 0.15) is 60.5 Å². The van der Waals surface area contributed by atoms with Crippen LogP contribution in [0.5, 0.6) is 0 Å². The van der Waals surface area contributed by atoms with Crippen molar-refractivity contribution in [1.29, 1.82) is 10.5 Å². The molecule has 0 bridgehead atoms. The average molecular weight is 394 g/mol. The van der Waals surface area contributed by atoms with Crippen LogP contribution in [-0.4, -0.2) is 21.2 Å². The molecular weight excluding hydrogens is 370 g/mol. The normalized spacial score (nSPS) is 14.3. The maximum atomic E-state index is 12.6. The van der Waals surface area contributed by atoms with Gasteiger partial charge in [-0.2, -0.15) is 10.5 Å². The Labute approximate surface area is 169 Å². The van der Waals surface area contributed by atoms with E-state index in [1.807, 2.05) is 13.8 Å². The number of nitrogens with zero attached hydrogens (tertiary/aromatic N) is 4. The molecular formula is C21H23N5OS. The van der Waals surface area contributed by atoms with Crippen LogP contribution in [0.15, 0.2) is 23.4 Å². The van der Waals surface area contributed by atoms with Gasteiger partial charge in [-0.25, -0.2) is 4.98 Å². The first-order valence-electron chi connectivity index (χ1n) is 9.45. The monoisotopic (exact) mass is 393 g/mol. The van der Waals surface area contributed by atoms with Crippen molar-refractivity contribution >= 4 is 23.5 Å². The number of aromatic nitrogens is 2. The van der Waals surface area contributed by atoms with Crippen LogP contribution in [0, 0.1) is 36.5 Å². The summed E-state index contributed by atoms with van der Waals surface area (Å²) in [6, 6.07) is 7.96. The molecule has 1 amide bonds. The Morgan fingerprint density at radius 2 is 2.04 bits per heavy atom. The summed E-state index contributed by atoms with van der Waals surface area (Å²) in [6.07, 6.45) is 7.30. The van der Waals surface area contributed by atoms with Crippen molar-refractivity contribution in [1.82, 2.24) is 9.55 Å². The van der Waals surface area contributed by atoms with Crippen LogP contribution in [0.4, 0.5) is 5.82 Å².